The fourth-order valence-electron chi connectivity index (χ4n) is 4.57. The van der Waals surface area contributed by atoms with Gasteiger partial charge in [-0.05, 0) is 66.6 Å². The van der Waals surface area contributed by atoms with Gasteiger partial charge in [0.05, 0.1) is 5.69 Å². The van der Waals surface area contributed by atoms with Crippen LogP contribution in [0.1, 0.15) is 36.0 Å². The lowest BCUT2D eigenvalue weighted by Gasteiger charge is -2.25. The molecule has 2 N–H and O–H groups in total. The van der Waals surface area contributed by atoms with E-state index < -0.39 is 11.8 Å². The zero-order valence-corrected chi connectivity index (χ0v) is 16.5. The Hall–Kier alpha value is -3.22. The molecule has 5 rings (SSSR count). The third-order valence-electron chi connectivity index (χ3n) is 6.41. The first kappa shape index (κ1) is 18.8. The molecule has 6 nitrogen and oxygen atoms in total. The Morgan fingerprint density at radius 1 is 1.00 bits per heavy atom. The molecule has 1 saturated carbocycles. The van der Waals surface area contributed by atoms with Crippen molar-refractivity contribution in [2.24, 2.45) is 0 Å². The molecule has 0 spiro atoms. The molecule has 0 unspecified atom stereocenters. The number of benzene rings is 2. The lowest BCUT2D eigenvalue weighted by atomic mass is 9.96. The molecule has 0 aromatic heterocycles. The van der Waals surface area contributed by atoms with E-state index in [0.717, 1.165) is 41.6 Å². The maximum Gasteiger partial charge on any atom is 0.313 e. The van der Waals surface area contributed by atoms with Crippen LogP contribution in [0.5, 0.6) is 0 Å². The highest BCUT2D eigenvalue weighted by Crippen LogP contribution is 2.47. The number of rotatable bonds is 4. The monoisotopic (exact) mass is 407 g/mol. The minimum absolute atomic E-state index is 0.146. The Morgan fingerprint density at radius 2 is 1.70 bits per heavy atom. The molecule has 2 heterocycles. The minimum atomic E-state index is -0.709. The van der Waals surface area contributed by atoms with Crippen molar-refractivity contribution in [2.45, 2.75) is 37.5 Å². The van der Waals surface area contributed by atoms with Crippen LogP contribution < -0.4 is 15.5 Å². The lowest BCUT2D eigenvalue weighted by Crippen LogP contribution is -2.39. The van der Waals surface area contributed by atoms with Gasteiger partial charge in [-0.2, -0.15) is 0 Å². The summed E-state index contributed by atoms with van der Waals surface area (Å²) in [5, 5.41) is 5.42. The van der Waals surface area contributed by atoms with Gasteiger partial charge in [0, 0.05) is 30.6 Å². The van der Waals surface area contributed by atoms with Crippen molar-refractivity contribution in [1.29, 1.82) is 0 Å². The summed E-state index contributed by atoms with van der Waals surface area (Å²) in [5.74, 6) is -1.54. The van der Waals surface area contributed by atoms with E-state index in [-0.39, 0.29) is 17.1 Å². The fraction of sp³-hybridized carbons (Fsp3) is 0.348. The number of carbonyl (C=O) groups excluding carboxylic acids is 3. The Balaban J connectivity index is 1.24. The van der Waals surface area contributed by atoms with E-state index in [0.29, 0.717) is 31.6 Å². The van der Waals surface area contributed by atoms with Gasteiger partial charge in [0.1, 0.15) is 5.82 Å². The summed E-state index contributed by atoms with van der Waals surface area (Å²) < 4.78 is 13.2. The zero-order chi connectivity index (χ0) is 20.9. The molecule has 1 aliphatic carbocycles. The van der Waals surface area contributed by atoms with E-state index >= 15 is 0 Å². The Labute approximate surface area is 173 Å². The van der Waals surface area contributed by atoms with E-state index in [4.69, 9.17) is 0 Å². The standard InChI is InChI=1S/C23H22FN3O3/c24-17-4-2-16(3-5-17)23(8-9-23)13-25-21(29)22(30)26-18-11-14-1-6-19(28)27-10-7-15(12-18)20(14)27/h2-5,11-12H,1,6-10,13H2,(H,25,29)(H,26,30). The second kappa shape index (κ2) is 6.93. The second-order valence-electron chi connectivity index (χ2n) is 8.36. The van der Waals surface area contributed by atoms with Crippen LogP contribution in [0.4, 0.5) is 15.8 Å². The molecule has 30 heavy (non-hydrogen) atoms. The number of anilines is 2. The molecule has 0 bridgehead atoms. The molecule has 0 atom stereocenters. The highest BCUT2D eigenvalue weighted by atomic mass is 19.1. The number of hydrogen-bond acceptors (Lipinski definition) is 3. The molecule has 2 aliphatic heterocycles. The van der Waals surface area contributed by atoms with Crippen LogP contribution in [0, 0.1) is 5.82 Å². The van der Waals surface area contributed by atoms with E-state index in [1.807, 2.05) is 17.0 Å². The first-order chi connectivity index (χ1) is 14.4. The summed E-state index contributed by atoms with van der Waals surface area (Å²) >= 11 is 0. The van der Waals surface area contributed by atoms with Crippen LogP contribution in [0.15, 0.2) is 36.4 Å². The van der Waals surface area contributed by atoms with Crippen LogP contribution >= 0.6 is 0 Å². The van der Waals surface area contributed by atoms with E-state index in [9.17, 15) is 18.8 Å². The third-order valence-corrected chi connectivity index (χ3v) is 6.41. The van der Waals surface area contributed by atoms with Crippen LogP contribution in [0.3, 0.4) is 0 Å². The second-order valence-corrected chi connectivity index (χ2v) is 8.36. The Bertz CT molecular complexity index is 1060. The lowest BCUT2D eigenvalue weighted by molar-refractivity contribution is -0.136. The van der Waals surface area contributed by atoms with Crippen molar-refractivity contribution < 1.29 is 18.8 Å². The number of halogens is 1. The predicted octanol–water partition coefficient (Wildman–Crippen LogP) is 2.45. The fourth-order valence-corrected chi connectivity index (χ4v) is 4.57. The SMILES string of the molecule is O=C(NCC1(c2ccc(F)cc2)CC1)C(=O)Nc1cc2c3c(c1)CCN3C(=O)CC2. The van der Waals surface area contributed by atoms with Crippen LogP contribution in [-0.4, -0.2) is 30.8 Å². The van der Waals surface area contributed by atoms with Gasteiger partial charge in [-0.25, -0.2) is 4.39 Å². The summed E-state index contributed by atoms with van der Waals surface area (Å²) in [5.41, 5.74) is 4.39. The summed E-state index contributed by atoms with van der Waals surface area (Å²) in [6.45, 7) is 1.02. The van der Waals surface area contributed by atoms with Crippen molar-refractivity contribution in [3.05, 3.63) is 58.9 Å². The molecule has 154 valence electrons. The number of nitrogens with zero attached hydrogens (tertiary/aromatic N) is 1. The van der Waals surface area contributed by atoms with Crippen LogP contribution in [-0.2, 0) is 32.6 Å². The van der Waals surface area contributed by atoms with Gasteiger partial charge in [-0.1, -0.05) is 12.1 Å². The molecule has 3 aliphatic rings. The van der Waals surface area contributed by atoms with Gasteiger partial charge in [0.15, 0.2) is 0 Å². The van der Waals surface area contributed by atoms with Gasteiger partial charge >= 0.3 is 11.8 Å². The summed E-state index contributed by atoms with van der Waals surface area (Å²) in [7, 11) is 0. The predicted molar refractivity (Wildman–Crippen MR) is 110 cm³/mol. The average molecular weight is 407 g/mol. The Morgan fingerprint density at radius 3 is 2.40 bits per heavy atom. The molecule has 7 heteroatoms. The zero-order valence-electron chi connectivity index (χ0n) is 16.5. The van der Waals surface area contributed by atoms with E-state index in [1.165, 1.54) is 12.1 Å². The molecular weight excluding hydrogens is 385 g/mol. The molecular formula is C23H22FN3O3. The van der Waals surface area contributed by atoms with Crippen molar-refractivity contribution in [2.75, 3.05) is 23.3 Å². The third kappa shape index (κ3) is 3.24. The van der Waals surface area contributed by atoms with Crippen LogP contribution in [0.2, 0.25) is 0 Å². The summed E-state index contributed by atoms with van der Waals surface area (Å²) in [4.78, 5) is 38.6. The molecule has 1 fully saturated rings. The number of nitrogens with one attached hydrogen (secondary N) is 2. The van der Waals surface area contributed by atoms with Crippen molar-refractivity contribution >= 4 is 29.1 Å². The number of hydrogen-bond donors (Lipinski definition) is 2. The van der Waals surface area contributed by atoms with Crippen molar-refractivity contribution in [1.82, 2.24) is 5.32 Å². The molecule has 2 aromatic rings. The first-order valence-corrected chi connectivity index (χ1v) is 10.3. The molecule has 3 amide bonds. The van der Waals surface area contributed by atoms with Crippen LogP contribution in [0.25, 0.3) is 0 Å². The molecule has 2 aromatic carbocycles. The van der Waals surface area contributed by atoms with Gasteiger partial charge in [-0.3, -0.25) is 14.4 Å². The topological polar surface area (TPSA) is 78.5 Å². The molecule has 0 saturated heterocycles. The maximum absolute atomic E-state index is 13.2. The van der Waals surface area contributed by atoms with Crippen molar-refractivity contribution in [3.63, 3.8) is 0 Å². The van der Waals surface area contributed by atoms with Gasteiger partial charge in [0.2, 0.25) is 5.91 Å². The van der Waals surface area contributed by atoms with E-state index in [1.54, 1.807) is 12.1 Å². The van der Waals surface area contributed by atoms with Crippen molar-refractivity contribution in [3.8, 4) is 0 Å². The van der Waals surface area contributed by atoms with E-state index in [2.05, 4.69) is 10.6 Å². The number of amides is 3. The normalized spacial score (nSPS) is 18.0. The Kier molecular flexibility index (Phi) is 4.34. The quantitative estimate of drug-likeness (QED) is 0.765. The smallest absolute Gasteiger partial charge is 0.313 e. The summed E-state index contributed by atoms with van der Waals surface area (Å²) in [6, 6.07) is 10.0. The summed E-state index contributed by atoms with van der Waals surface area (Å²) in [6.07, 6.45) is 3.65. The minimum Gasteiger partial charge on any atom is -0.347 e. The number of carbonyl (C=O) groups is 3. The first-order valence-electron chi connectivity index (χ1n) is 10.3. The van der Waals surface area contributed by atoms with Gasteiger partial charge in [0.25, 0.3) is 0 Å². The molecule has 0 radical (unpaired) electrons. The highest BCUT2D eigenvalue weighted by molar-refractivity contribution is 6.39. The van der Waals surface area contributed by atoms with Gasteiger partial charge in [-0.15, -0.1) is 0 Å². The maximum atomic E-state index is 13.2. The largest absolute Gasteiger partial charge is 0.347 e. The number of aryl methyl sites for hydroxylation is 1. The van der Waals surface area contributed by atoms with Gasteiger partial charge < -0.3 is 15.5 Å². The highest BCUT2D eigenvalue weighted by Gasteiger charge is 2.44. The average Bonchev–Trinajstić information content (AvgIpc) is 3.41.